The number of nitrogens with one attached hydrogen (secondary N) is 3. The Hall–Kier alpha value is -4.41. The topological polar surface area (TPSA) is 171 Å². The van der Waals surface area contributed by atoms with Gasteiger partial charge in [0, 0.05) is 5.69 Å². The molecule has 2 rings (SSSR count). The van der Waals surface area contributed by atoms with Crippen LogP contribution in [0.15, 0.2) is 54.6 Å². The van der Waals surface area contributed by atoms with Crippen molar-refractivity contribution in [1.29, 1.82) is 0 Å². The van der Waals surface area contributed by atoms with Crippen LogP contribution in [0.4, 0.5) is 10.5 Å². The molecule has 0 aliphatic carbocycles. The third-order valence-electron chi connectivity index (χ3n) is 5.13. The molecule has 0 saturated heterocycles. The van der Waals surface area contributed by atoms with Crippen LogP contribution in [0.2, 0.25) is 0 Å². The predicted octanol–water partition coefficient (Wildman–Crippen LogP) is 2.55. The zero-order valence-electron chi connectivity index (χ0n) is 20.6. The summed E-state index contributed by atoms with van der Waals surface area (Å²) < 4.78 is 5.17. The summed E-state index contributed by atoms with van der Waals surface area (Å²) in [6.45, 7) is 3.78. The van der Waals surface area contributed by atoms with Crippen LogP contribution >= 0.6 is 0 Å². The Kier molecular flexibility index (Phi) is 11.1. The maximum Gasteiger partial charge on any atom is 0.411 e. The Balaban J connectivity index is 1.91. The number of carboxylic acid groups (broad SMARTS) is 2. The molecule has 2 aromatic carbocycles. The normalized spacial score (nSPS) is 12.2. The first-order valence-corrected chi connectivity index (χ1v) is 11.6. The lowest BCUT2D eigenvalue weighted by Crippen LogP contribution is -2.52. The van der Waals surface area contributed by atoms with Crippen molar-refractivity contribution >= 4 is 35.5 Å². The van der Waals surface area contributed by atoms with Gasteiger partial charge in [0.2, 0.25) is 11.8 Å². The second kappa shape index (κ2) is 14.2. The minimum absolute atomic E-state index is 0.00851. The van der Waals surface area contributed by atoms with E-state index in [1.54, 1.807) is 24.3 Å². The van der Waals surface area contributed by atoms with E-state index in [2.05, 4.69) is 16.0 Å². The quantitative estimate of drug-likeness (QED) is 0.272. The van der Waals surface area contributed by atoms with E-state index in [4.69, 9.17) is 9.84 Å². The van der Waals surface area contributed by atoms with Crippen molar-refractivity contribution in [2.45, 2.75) is 51.8 Å². The maximum atomic E-state index is 12.6. The van der Waals surface area contributed by atoms with Gasteiger partial charge in [-0.25, -0.2) is 9.59 Å². The SMILES string of the molecule is CC(C)C[C@H](NC(=O)Cc1ccc(NC(=O)OCc2ccccc2)cc1)C(=O)N[C@@H](CC(=O)O)C(=O)O. The lowest BCUT2D eigenvalue weighted by Gasteiger charge is -2.22. The Morgan fingerprint density at radius 3 is 2.05 bits per heavy atom. The summed E-state index contributed by atoms with van der Waals surface area (Å²) in [4.78, 5) is 59.4. The fraction of sp³-hybridized carbons (Fsp3) is 0.346. The van der Waals surface area contributed by atoms with Crippen LogP contribution in [0.25, 0.3) is 0 Å². The molecule has 2 aromatic rings. The Morgan fingerprint density at radius 1 is 0.838 bits per heavy atom. The number of ether oxygens (including phenoxy) is 1. The van der Waals surface area contributed by atoms with Gasteiger partial charge in [0.1, 0.15) is 18.7 Å². The first-order valence-electron chi connectivity index (χ1n) is 11.6. The van der Waals surface area contributed by atoms with E-state index in [0.717, 1.165) is 5.56 Å². The van der Waals surface area contributed by atoms with Crippen LogP contribution in [0.5, 0.6) is 0 Å². The fourth-order valence-corrected chi connectivity index (χ4v) is 3.36. The highest BCUT2D eigenvalue weighted by Crippen LogP contribution is 2.12. The van der Waals surface area contributed by atoms with Crippen molar-refractivity contribution in [3.05, 3.63) is 65.7 Å². The summed E-state index contributed by atoms with van der Waals surface area (Å²) in [6.07, 6.45) is -1.26. The molecule has 0 aliphatic rings. The summed E-state index contributed by atoms with van der Waals surface area (Å²) in [5.74, 6) is -4.12. The van der Waals surface area contributed by atoms with Crippen molar-refractivity contribution in [3.8, 4) is 0 Å². The van der Waals surface area contributed by atoms with Crippen LogP contribution < -0.4 is 16.0 Å². The molecule has 0 saturated carbocycles. The summed E-state index contributed by atoms with van der Waals surface area (Å²) in [5, 5.41) is 25.4. The van der Waals surface area contributed by atoms with Crippen LogP contribution in [0, 0.1) is 5.92 Å². The van der Waals surface area contributed by atoms with E-state index in [0.29, 0.717) is 11.3 Å². The molecular formula is C26H31N3O8. The Morgan fingerprint density at radius 2 is 1.49 bits per heavy atom. The number of hydrogen-bond acceptors (Lipinski definition) is 6. The molecule has 0 aromatic heterocycles. The summed E-state index contributed by atoms with van der Waals surface area (Å²) in [6, 6.07) is 13.0. The summed E-state index contributed by atoms with van der Waals surface area (Å²) in [5.41, 5.74) is 1.93. The number of amides is 3. The van der Waals surface area contributed by atoms with Gasteiger partial charge < -0.3 is 25.6 Å². The van der Waals surface area contributed by atoms with Crippen molar-refractivity contribution < 1.29 is 38.9 Å². The minimum Gasteiger partial charge on any atom is -0.481 e. The molecule has 198 valence electrons. The number of hydrogen-bond donors (Lipinski definition) is 5. The Labute approximate surface area is 214 Å². The van der Waals surface area contributed by atoms with Crippen molar-refractivity contribution in [1.82, 2.24) is 10.6 Å². The third kappa shape index (κ3) is 10.8. The molecule has 0 fully saturated rings. The number of anilines is 1. The average molecular weight is 514 g/mol. The molecule has 0 bridgehead atoms. The number of rotatable bonds is 13. The molecule has 11 heteroatoms. The molecule has 0 unspecified atom stereocenters. The molecule has 0 heterocycles. The van der Waals surface area contributed by atoms with Gasteiger partial charge in [-0.15, -0.1) is 0 Å². The first kappa shape index (κ1) is 28.8. The fourth-order valence-electron chi connectivity index (χ4n) is 3.36. The second-order valence-corrected chi connectivity index (χ2v) is 8.81. The van der Waals surface area contributed by atoms with Gasteiger partial charge in [0.25, 0.3) is 0 Å². The predicted molar refractivity (Wildman–Crippen MR) is 134 cm³/mol. The molecular weight excluding hydrogens is 482 g/mol. The molecule has 5 N–H and O–H groups in total. The van der Waals surface area contributed by atoms with Crippen LogP contribution in [-0.2, 0) is 36.9 Å². The lowest BCUT2D eigenvalue weighted by atomic mass is 10.0. The van der Waals surface area contributed by atoms with Gasteiger partial charge in [-0.05, 0) is 35.6 Å². The van der Waals surface area contributed by atoms with Crippen molar-refractivity contribution in [2.75, 3.05) is 5.32 Å². The third-order valence-corrected chi connectivity index (χ3v) is 5.13. The van der Waals surface area contributed by atoms with E-state index < -0.39 is 48.4 Å². The Bertz CT molecular complexity index is 1090. The average Bonchev–Trinajstić information content (AvgIpc) is 2.83. The standard InChI is InChI=1S/C26H31N3O8/c1-16(2)12-20(24(33)29-21(25(34)35)14-23(31)32)28-22(30)13-17-8-10-19(11-9-17)27-26(36)37-15-18-6-4-3-5-7-18/h3-11,16,20-21H,12-15H2,1-2H3,(H,27,36)(H,28,30)(H,29,33)(H,31,32)(H,34,35)/t20-,21-/m0/s1. The van der Waals surface area contributed by atoms with E-state index in [1.807, 2.05) is 44.2 Å². The lowest BCUT2D eigenvalue weighted by molar-refractivity contribution is -0.147. The van der Waals surface area contributed by atoms with E-state index in [-0.39, 0.29) is 25.4 Å². The molecule has 11 nitrogen and oxygen atoms in total. The van der Waals surface area contributed by atoms with Gasteiger partial charge in [-0.2, -0.15) is 0 Å². The van der Waals surface area contributed by atoms with Gasteiger partial charge >= 0.3 is 18.0 Å². The summed E-state index contributed by atoms with van der Waals surface area (Å²) in [7, 11) is 0. The van der Waals surface area contributed by atoms with Crippen LogP contribution in [0.1, 0.15) is 37.8 Å². The highest BCUT2D eigenvalue weighted by atomic mass is 16.5. The van der Waals surface area contributed by atoms with E-state index in [1.165, 1.54) is 0 Å². The molecule has 0 spiro atoms. The highest BCUT2D eigenvalue weighted by molar-refractivity contribution is 5.92. The first-order chi connectivity index (χ1) is 17.5. The van der Waals surface area contributed by atoms with E-state index in [9.17, 15) is 29.1 Å². The number of benzene rings is 2. The number of carbonyl (C=O) groups excluding carboxylic acids is 3. The number of carbonyl (C=O) groups is 5. The van der Waals surface area contributed by atoms with Crippen LogP contribution in [-0.4, -0.2) is 52.1 Å². The number of carboxylic acids is 2. The zero-order chi connectivity index (χ0) is 27.4. The molecule has 0 aliphatic heterocycles. The van der Waals surface area contributed by atoms with Gasteiger partial charge in [0.15, 0.2) is 0 Å². The van der Waals surface area contributed by atoms with E-state index >= 15 is 0 Å². The maximum absolute atomic E-state index is 12.6. The molecule has 2 atom stereocenters. The van der Waals surface area contributed by atoms with Gasteiger partial charge in [-0.1, -0.05) is 56.3 Å². The van der Waals surface area contributed by atoms with Gasteiger partial charge in [-0.3, -0.25) is 19.7 Å². The van der Waals surface area contributed by atoms with Crippen molar-refractivity contribution in [3.63, 3.8) is 0 Å². The molecule has 3 amide bonds. The minimum atomic E-state index is -1.61. The smallest absolute Gasteiger partial charge is 0.411 e. The highest BCUT2D eigenvalue weighted by Gasteiger charge is 2.28. The zero-order valence-corrected chi connectivity index (χ0v) is 20.6. The molecule has 37 heavy (non-hydrogen) atoms. The number of aliphatic carboxylic acids is 2. The second-order valence-electron chi connectivity index (χ2n) is 8.81. The monoisotopic (exact) mass is 513 g/mol. The van der Waals surface area contributed by atoms with Gasteiger partial charge in [0.05, 0.1) is 12.8 Å². The molecule has 0 radical (unpaired) electrons. The van der Waals surface area contributed by atoms with Crippen molar-refractivity contribution in [2.24, 2.45) is 5.92 Å². The summed E-state index contributed by atoms with van der Waals surface area (Å²) >= 11 is 0. The van der Waals surface area contributed by atoms with Crippen LogP contribution in [0.3, 0.4) is 0 Å². The largest absolute Gasteiger partial charge is 0.481 e.